The van der Waals surface area contributed by atoms with Crippen molar-refractivity contribution < 1.29 is 4.79 Å². The number of aromatic nitrogens is 2. The number of nitrogens with one attached hydrogen (secondary N) is 2. The second-order valence-electron chi connectivity index (χ2n) is 4.36. The van der Waals surface area contributed by atoms with Crippen LogP contribution >= 0.6 is 0 Å². The number of rotatable bonds is 6. The van der Waals surface area contributed by atoms with Crippen molar-refractivity contribution >= 4 is 5.91 Å². The summed E-state index contributed by atoms with van der Waals surface area (Å²) in [6.07, 6.45) is 2.78. The van der Waals surface area contributed by atoms with Crippen LogP contribution in [-0.4, -0.2) is 28.3 Å². The Balaban J connectivity index is 2.28. The number of carbonyl (C=O) groups is 1. The average molecular weight is 238 g/mol. The summed E-state index contributed by atoms with van der Waals surface area (Å²) in [6.45, 7) is 7.09. The molecular weight excluding hydrogens is 216 g/mol. The predicted molar refractivity (Wildman–Crippen MR) is 67.5 cm³/mol. The van der Waals surface area contributed by atoms with Crippen molar-refractivity contribution in [2.75, 3.05) is 6.54 Å². The molecule has 1 atom stereocenters. The maximum absolute atomic E-state index is 11.5. The number of hydrogen-bond donors (Lipinski definition) is 2. The molecule has 1 amide bonds. The maximum Gasteiger partial charge on any atom is 0.234 e. The standard InChI is InChI=1S/C12H22N4O/c1-5-9(2)15-12(17)8-13-6-11-7-14-16(4)10(11)3/h7,9,13H,5-6,8H2,1-4H3,(H,15,17). The summed E-state index contributed by atoms with van der Waals surface area (Å²) in [5, 5.41) is 10.2. The highest BCUT2D eigenvalue weighted by Gasteiger charge is 2.06. The van der Waals surface area contributed by atoms with E-state index in [4.69, 9.17) is 0 Å². The van der Waals surface area contributed by atoms with Crippen molar-refractivity contribution in [1.29, 1.82) is 0 Å². The molecule has 0 spiro atoms. The molecule has 0 radical (unpaired) electrons. The van der Waals surface area contributed by atoms with Crippen LogP contribution in [0.15, 0.2) is 6.20 Å². The zero-order chi connectivity index (χ0) is 12.8. The summed E-state index contributed by atoms with van der Waals surface area (Å²) in [5.41, 5.74) is 2.25. The summed E-state index contributed by atoms with van der Waals surface area (Å²) in [4.78, 5) is 11.5. The molecule has 0 aliphatic rings. The molecule has 17 heavy (non-hydrogen) atoms. The molecule has 1 aromatic heterocycles. The lowest BCUT2D eigenvalue weighted by molar-refractivity contribution is -0.120. The van der Waals surface area contributed by atoms with Crippen molar-refractivity contribution in [2.45, 2.75) is 39.8 Å². The van der Waals surface area contributed by atoms with Crippen LogP contribution in [0, 0.1) is 6.92 Å². The van der Waals surface area contributed by atoms with Gasteiger partial charge in [0.15, 0.2) is 0 Å². The van der Waals surface area contributed by atoms with E-state index in [9.17, 15) is 4.79 Å². The molecule has 5 heteroatoms. The van der Waals surface area contributed by atoms with Crippen molar-refractivity contribution in [2.24, 2.45) is 7.05 Å². The summed E-state index contributed by atoms with van der Waals surface area (Å²) in [7, 11) is 1.91. The topological polar surface area (TPSA) is 59.0 Å². The highest BCUT2D eigenvalue weighted by atomic mass is 16.1. The number of nitrogens with zero attached hydrogens (tertiary/aromatic N) is 2. The van der Waals surface area contributed by atoms with Gasteiger partial charge in [-0.3, -0.25) is 9.48 Å². The van der Waals surface area contributed by atoms with Gasteiger partial charge in [0.1, 0.15) is 0 Å². The molecule has 2 N–H and O–H groups in total. The molecule has 0 saturated heterocycles. The first-order valence-corrected chi connectivity index (χ1v) is 6.02. The van der Waals surface area contributed by atoms with E-state index in [2.05, 4.69) is 22.7 Å². The zero-order valence-corrected chi connectivity index (χ0v) is 11.1. The highest BCUT2D eigenvalue weighted by Crippen LogP contribution is 2.04. The number of aryl methyl sites for hydroxylation is 1. The van der Waals surface area contributed by atoms with Crippen LogP contribution in [0.4, 0.5) is 0 Å². The van der Waals surface area contributed by atoms with Crippen LogP contribution < -0.4 is 10.6 Å². The van der Waals surface area contributed by atoms with E-state index in [1.165, 1.54) is 0 Å². The Morgan fingerprint density at radius 1 is 1.59 bits per heavy atom. The smallest absolute Gasteiger partial charge is 0.234 e. The van der Waals surface area contributed by atoms with E-state index >= 15 is 0 Å². The van der Waals surface area contributed by atoms with Gasteiger partial charge in [-0.25, -0.2) is 0 Å². The Morgan fingerprint density at radius 2 is 2.29 bits per heavy atom. The molecule has 1 unspecified atom stereocenters. The first-order chi connectivity index (χ1) is 8.04. The average Bonchev–Trinajstić information content (AvgIpc) is 2.60. The van der Waals surface area contributed by atoms with Crippen LogP contribution in [0.1, 0.15) is 31.5 Å². The normalized spacial score (nSPS) is 12.5. The first-order valence-electron chi connectivity index (χ1n) is 6.02. The van der Waals surface area contributed by atoms with Gasteiger partial charge in [0.05, 0.1) is 12.7 Å². The second kappa shape index (κ2) is 6.39. The van der Waals surface area contributed by atoms with Crippen molar-refractivity contribution in [3.8, 4) is 0 Å². The number of carbonyl (C=O) groups excluding carboxylic acids is 1. The second-order valence-corrected chi connectivity index (χ2v) is 4.36. The van der Waals surface area contributed by atoms with Crippen molar-refractivity contribution in [1.82, 2.24) is 20.4 Å². The van der Waals surface area contributed by atoms with Gasteiger partial charge < -0.3 is 10.6 Å². The Hall–Kier alpha value is -1.36. The fraction of sp³-hybridized carbons (Fsp3) is 0.667. The Morgan fingerprint density at radius 3 is 2.82 bits per heavy atom. The third-order valence-corrected chi connectivity index (χ3v) is 2.96. The molecule has 96 valence electrons. The SMILES string of the molecule is CCC(C)NC(=O)CNCc1cnn(C)c1C. The first kappa shape index (κ1) is 13.7. The fourth-order valence-corrected chi connectivity index (χ4v) is 1.46. The third-order valence-electron chi connectivity index (χ3n) is 2.96. The largest absolute Gasteiger partial charge is 0.353 e. The molecule has 0 bridgehead atoms. The van der Waals surface area contributed by atoms with Gasteiger partial charge in [-0.1, -0.05) is 6.92 Å². The summed E-state index contributed by atoms with van der Waals surface area (Å²) in [6, 6.07) is 0.240. The lowest BCUT2D eigenvalue weighted by Gasteiger charge is -2.11. The van der Waals surface area contributed by atoms with Gasteiger partial charge in [-0.05, 0) is 20.3 Å². The monoisotopic (exact) mass is 238 g/mol. The van der Waals surface area contributed by atoms with Gasteiger partial charge in [-0.2, -0.15) is 5.10 Å². The molecule has 0 aliphatic heterocycles. The quantitative estimate of drug-likeness (QED) is 0.768. The van der Waals surface area contributed by atoms with Crippen molar-refractivity contribution in [3.63, 3.8) is 0 Å². The van der Waals surface area contributed by atoms with Crippen LogP contribution in [0.25, 0.3) is 0 Å². The molecule has 1 aromatic rings. The van der Waals surface area contributed by atoms with Gasteiger partial charge >= 0.3 is 0 Å². The molecule has 1 rings (SSSR count). The highest BCUT2D eigenvalue weighted by molar-refractivity contribution is 5.78. The molecule has 0 fully saturated rings. The molecule has 5 nitrogen and oxygen atoms in total. The lowest BCUT2D eigenvalue weighted by Crippen LogP contribution is -2.38. The Kier molecular flexibility index (Phi) is 5.15. The number of hydrogen-bond acceptors (Lipinski definition) is 3. The molecule has 0 saturated carbocycles. The summed E-state index contributed by atoms with van der Waals surface area (Å²) in [5.74, 6) is 0.0425. The molecule has 1 heterocycles. The van der Waals surface area contributed by atoms with Gasteiger partial charge in [0.25, 0.3) is 0 Å². The van der Waals surface area contributed by atoms with E-state index in [1.807, 2.05) is 31.8 Å². The Bertz CT molecular complexity index is 373. The maximum atomic E-state index is 11.5. The third kappa shape index (κ3) is 4.19. The summed E-state index contributed by atoms with van der Waals surface area (Å²) < 4.78 is 1.83. The lowest BCUT2D eigenvalue weighted by atomic mass is 10.2. The van der Waals surface area contributed by atoms with Gasteiger partial charge in [0.2, 0.25) is 5.91 Å². The van der Waals surface area contributed by atoms with E-state index in [1.54, 1.807) is 0 Å². The fourth-order valence-electron chi connectivity index (χ4n) is 1.46. The zero-order valence-electron chi connectivity index (χ0n) is 11.1. The van der Waals surface area contributed by atoms with E-state index in [-0.39, 0.29) is 11.9 Å². The molecule has 0 aromatic carbocycles. The van der Waals surface area contributed by atoms with Crippen molar-refractivity contribution in [3.05, 3.63) is 17.5 Å². The minimum absolute atomic E-state index is 0.0425. The minimum Gasteiger partial charge on any atom is -0.353 e. The van der Waals surface area contributed by atoms with E-state index < -0.39 is 0 Å². The van der Waals surface area contributed by atoms with Gasteiger partial charge in [-0.15, -0.1) is 0 Å². The van der Waals surface area contributed by atoms with Crippen LogP contribution in [-0.2, 0) is 18.4 Å². The van der Waals surface area contributed by atoms with E-state index in [0.29, 0.717) is 13.1 Å². The van der Waals surface area contributed by atoms with Crippen LogP contribution in [0.2, 0.25) is 0 Å². The molecular formula is C12H22N4O. The van der Waals surface area contributed by atoms with E-state index in [0.717, 1.165) is 17.7 Å². The molecule has 0 aliphatic carbocycles. The van der Waals surface area contributed by atoms with Gasteiger partial charge in [0, 0.05) is 30.9 Å². The minimum atomic E-state index is 0.0425. The Labute approximate surface area is 103 Å². The predicted octanol–water partition coefficient (Wildman–Crippen LogP) is 0.733. The van der Waals surface area contributed by atoms with Crippen LogP contribution in [0.5, 0.6) is 0 Å². The number of amides is 1. The summed E-state index contributed by atoms with van der Waals surface area (Å²) >= 11 is 0. The van der Waals surface area contributed by atoms with Crippen LogP contribution in [0.3, 0.4) is 0 Å².